The zero-order chi connectivity index (χ0) is 15.6. The largest absolute Gasteiger partial charge is 0.324 e. The van der Waals surface area contributed by atoms with Crippen LogP contribution in [-0.2, 0) is 14.8 Å². The van der Waals surface area contributed by atoms with Crippen LogP contribution in [0.15, 0.2) is 41.6 Å². The predicted molar refractivity (Wildman–Crippen MR) is 73.3 cm³/mol. The van der Waals surface area contributed by atoms with E-state index in [4.69, 9.17) is 5.14 Å². The number of nitrogens with zero attached hydrogens (tertiary/aromatic N) is 2. The van der Waals surface area contributed by atoms with Crippen molar-refractivity contribution in [1.29, 1.82) is 0 Å². The first kappa shape index (κ1) is 15.1. The number of nitrogens with two attached hydrogens (primary N) is 1. The number of amides is 1. The molecule has 0 saturated heterocycles. The Balaban J connectivity index is 2.24. The first-order valence-corrected chi connectivity index (χ1v) is 7.45. The average Bonchev–Trinajstić information content (AvgIpc) is 2.89. The third kappa shape index (κ3) is 3.64. The van der Waals surface area contributed by atoms with Crippen molar-refractivity contribution in [3.63, 3.8) is 0 Å². The molecule has 112 valence electrons. The third-order valence-electron chi connectivity index (χ3n) is 2.77. The van der Waals surface area contributed by atoms with Gasteiger partial charge in [0.25, 0.3) is 0 Å². The molecule has 1 heterocycles. The summed E-state index contributed by atoms with van der Waals surface area (Å²) in [4.78, 5) is 11.6. The van der Waals surface area contributed by atoms with Crippen LogP contribution < -0.4 is 10.5 Å². The summed E-state index contributed by atoms with van der Waals surface area (Å²) in [6.45, 7) is 1.60. The van der Waals surface area contributed by atoms with Crippen molar-refractivity contribution < 1.29 is 17.6 Å². The highest BCUT2D eigenvalue weighted by molar-refractivity contribution is 7.89. The van der Waals surface area contributed by atoms with Gasteiger partial charge < -0.3 is 5.32 Å². The molecule has 1 atom stereocenters. The highest BCUT2D eigenvalue weighted by atomic mass is 32.2. The second-order valence-corrected chi connectivity index (χ2v) is 5.93. The van der Waals surface area contributed by atoms with Crippen molar-refractivity contribution in [3.05, 3.63) is 42.5 Å². The van der Waals surface area contributed by atoms with Crippen LogP contribution in [0.4, 0.5) is 10.1 Å². The van der Waals surface area contributed by atoms with Crippen molar-refractivity contribution >= 4 is 21.6 Å². The number of aromatic nitrogens is 2. The van der Waals surface area contributed by atoms with Gasteiger partial charge in [-0.2, -0.15) is 5.10 Å². The molecule has 0 saturated carbocycles. The van der Waals surface area contributed by atoms with E-state index in [0.29, 0.717) is 0 Å². The van der Waals surface area contributed by atoms with Gasteiger partial charge in [0.2, 0.25) is 15.9 Å². The number of rotatable bonds is 4. The Morgan fingerprint density at radius 1 is 1.43 bits per heavy atom. The molecule has 0 radical (unpaired) electrons. The monoisotopic (exact) mass is 312 g/mol. The Hall–Kier alpha value is -2.26. The molecule has 0 aliphatic rings. The maximum absolute atomic E-state index is 13.4. The molecule has 3 N–H and O–H groups in total. The first-order chi connectivity index (χ1) is 9.77. The Morgan fingerprint density at radius 3 is 2.71 bits per heavy atom. The lowest BCUT2D eigenvalue weighted by Gasteiger charge is -2.13. The van der Waals surface area contributed by atoms with E-state index in [1.807, 2.05) is 0 Å². The summed E-state index contributed by atoms with van der Waals surface area (Å²) in [5.74, 6) is -1.28. The molecule has 1 aromatic heterocycles. The van der Waals surface area contributed by atoms with Crippen LogP contribution in [-0.4, -0.2) is 24.1 Å². The van der Waals surface area contributed by atoms with Crippen LogP contribution in [0.5, 0.6) is 0 Å². The molecule has 0 spiro atoms. The summed E-state index contributed by atoms with van der Waals surface area (Å²) in [7, 11) is -4.06. The number of hydrogen-bond donors (Lipinski definition) is 2. The lowest BCUT2D eigenvalue weighted by atomic mass is 10.2. The van der Waals surface area contributed by atoms with Gasteiger partial charge in [0, 0.05) is 18.1 Å². The maximum atomic E-state index is 13.4. The van der Waals surface area contributed by atoms with E-state index in [0.717, 1.165) is 18.2 Å². The van der Waals surface area contributed by atoms with E-state index < -0.39 is 32.7 Å². The van der Waals surface area contributed by atoms with Crippen LogP contribution >= 0.6 is 0 Å². The van der Waals surface area contributed by atoms with Crippen LogP contribution in [0.2, 0.25) is 0 Å². The molecular formula is C12H13FN4O3S. The molecule has 2 rings (SSSR count). The van der Waals surface area contributed by atoms with Gasteiger partial charge in [-0.25, -0.2) is 17.9 Å². The van der Waals surface area contributed by atoms with E-state index in [9.17, 15) is 17.6 Å². The van der Waals surface area contributed by atoms with E-state index >= 15 is 0 Å². The maximum Gasteiger partial charge on any atom is 0.248 e. The van der Waals surface area contributed by atoms with Crippen molar-refractivity contribution in [2.75, 3.05) is 5.32 Å². The van der Waals surface area contributed by atoms with Gasteiger partial charge in [-0.1, -0.05) is 0 Å². The Morgan fingerprint density at radius 2 is 2.14 bits per heavy atom. The molecule has 9 heteroatoms. The summed E-state index contributed by atoms with van der Waals surface area (Å²) in [5.41, 5.74) is 0.00281. The first-order valence-electron chi connectivity index (χ1n) is 5.91. The van der Waals surface area contributed by atoms with E-state index in [-0.39, 0.29) is 5.69 Å². The topological polar surface area (TPSA) is 107 Å². The fourth-order valence-corrected chi connectivity index (χ4v) is 2.24. The summed E-state index contributed by atoms with van der Waals surface area (Å²) in [5, 5.41) is 11.3. The number of sulfonamides is 1. The van der Waals surface area contributed by atoms with E-state index in [1.54, 1.807) is 19.2 Å². The fraction of sp³-hybridized carbons (Fsp3) is 0.167. The highest BCUT2D eigenvalue weighted by Crippen LogP contribution is 2.18. The number of carbonyl (C=O) groups excluding carboxylic acids is 1. The third-order valence-corrected chi connectivity index (χ3v) is 3.66. The van der Waals surface area contributed by atoms with Crippen molar-refractivity contribution in [2.24, 2.45) is 5.14 Å². The lowest BCUT2D eigenvalue weighted by Crippen LogP contribution is -2.24. The molecule has 1 amide bonds. The molecule has 1 unspecified atom stereocenters. The number of primary sulfonamides is 1. The Bertz CT molecular complexity index is 759. The van der Waals surface area contributed by atoms with Gasteiger partial charge in [0.05, 0.1) is 4.90 Å². The molecular weight excluding hydrogens is 299 g/mol. The summed E-state index contributed by atoms with van der Waals surface area (Å²) in [6.07, 6.45) is 3.12. The Labute approximate surface area is 120 Å². The van der Waals surface area contributed by atoms with Crippen LogP contribution in [0.1, 0.15) is 13.0 Å². The van der Waals surface area contributed by atoms with Crippen LogP contribution in [0.25, 0.3) is 0 Å². The van der Waals surface area contributed by atoms with Crippen molar-refractivity contribution in [3.8, 4) is 0 Å². The number of anilines is 1. The number of nitrogens with one attached hydrogen (secondary N) is 1. The van der Waals surface area contributed by atoms with E-state index in [2.05, 4.69) is 10.4 Å². The minimum atomic E-state index is -4.06. The molecule has 0 fully saturated rings. The SMILES string of the molecule is CC(C(=O)Nc1cc(F)cc(S(N)(=O)=O)c1)n1cccn1. The standard InChI is InChI=1S/C12H13FN4O3S/c1-8(17-4-2-3-15-17)12(18)16-10-5-9(13)6-11(7-10)21(14,19)20/h2-8H,1H3,(H,16,18)(H2,14,19,20). The normalized spacial score (nSPS) is 12.9. The van der Waals surface area contributed by atoms with Gasteiger partial charge in [-0.15, -0.1) is 0 Å². The van der Waals surface area contributed by atoms with Gasteiger partial charge in [-0.3, -0.25) is 9.48 Å². The fourth-order valence-electron chi connectivity index (χ4n) is 1.68. The zero-order valence-corrected chi connectivity index (χ0v) is 11.8. The summed E-state index contributed by atoms with van der Waals surface area (Å²) in [6, 6.07) is 3.89. The molecule has 2 aromatic rings. The molecule has 0 bridgehead atoms. The van der Waals surface area contributed by atoms with Gasteiger partial charge in [-0.05, 0) is 31.2 Å². The van der Waals surface area contributed by atoms with Crippen molar-refractivity contribution in [1.82, 2.24) is 9.78 Å². The second kappa shape index (κ2) is 5.62. The average molecular weight is 312 g/mol. The van der Waals surface area contributed by atoms with Crippen molar-refractivity contribution in [2.45, 2.75) is 17.9 Å². The molecule has 1 aromatic carbocycles. The summed E-state index contributed by atoms with van der Waals surface area (Å²) >= 11 is 0. The predicted octanol–water partition coefficient (Wildman–Crippen LogP) is 0.869. The number of hydrogen-bond acceptors (Lipinski definition) is 4. The van der Waals surface area contributed by atoms with Gasteiger partial charge >= 0.3 is 0 Å². The molecule has 0 aliphatic carbocycles. The van der Waals surface area contributed by atoms with Gasteiger partial charge in [0.15, 0.2) is 0 Å². The minimum Gasteiger partial charge on any atom is -0.324 e. The quantitative estimate of drug-likeness (QED) is 0.873. The minimum absolute atomic E-state index is 0.00281. The second-order valence-electron chi connectivity index (χ2n) is 4.37. The molecule has 21 heavy (non-hydrogen) atoms. The van der Waals surface area contributed by atoms with E-state index in [1.165, 1.54) is 10.9 Å². The summed E-state index contributed by atoms with van der Waals surface area (Å²) < 4.78 is 37.3. The highest BCUT2D eigenvalue weighted by Gasteiger charge is 2.17. The zero-order valence-electron chi connectivity index (χ0n) is 11.0. The van der Waals surface area contributed by atoms with Crippen LogP contribution in [0, 0.1) is 5.82 Å². The number of carbonyl (C=O) groups is 1. The van der Waals surface area contributed by atoms with Crippen LogP contribution in [0.3, 0.4) is 0 Å². The Kier molecular flexibility index (Phi) is 4.05. The van der Waals surface area contributed by atoms with Gasteiger partial charge in [0.1, 0.15) is 11.9 Å². The number of halogens is 1. The molecule has 0 aliphatic heterocycles. The molecule has 7 nitrogen and oxygen atoms in total. The lowest BCUT2D eigenvalue weighted by molar-refractivity contribution is -0.119. The smallest absolute Gasteiger partial charge is 0.248 e. The number of benzene rings is 1.